The first kappa shape index (κ1) is 40.8. The molecule has 0 saturated carbocycles. The molecule has 2 aliphatic rings. The van der Waals surface area contributed by atoms with Crippen molar-refractivity contribution in [3.05, 3.63) is 234 Å². The molecule has 0 atom stereocenters. The molecule has 0 bridgehead atoms. The fraction of sp³-hybridized carbons (Fsp3) is 0.100. The van der Waals surface area contributed by atoms with E-state index in [2.05, 4.69) is 207 Å². The number of allylic oxidation sites excluding steroid dienone is 2. The zero-order chi connectivity index (χ0) is 44.9. The van der Waals surface area contributed by atoms with E-state index in [4.69, 9.17) is 5.26 Å². The summed E-state index contributed by atoms with van der Waals surface area (Å²) in [5.41, 5.74) is 19.4. The highest BCUT2D eigenvalue weighted by Crippen LogP contribution is 2.54. The van der Waals surface area contributed by atoms with E-state index in [-0.39, 0.29) is 16.4 Å². The van der Waals surface area contributed by atoms with Crippen LogP contribution in [0.25, 0.3) is 39.5 Å². The van der Waals surface area contributed by atoms with Gasteiger partial charge in [0.1, 0.15) is 11.6 Å². The number of benzene rings is 8. The average molecular weight is 842 g/mol. The quantitative estimate of drug-likeness (QED) is 0.0844. The Morgan fingerprint density at radius 2 is 0.831 bits per heavy atom. The lowest BCUT2D eigenvalue weighted by atomic mass is 9.80. The van der Waals surface area contributed by atoms with Crippen LogP contribution in [0.3, 0.4) is 0 Å². The van der Waals surface area contributed by atoms with Crippen molar-refractivity contribution >= 4 is 46.2 Å². The first-order valence-corrected chi connectivity index (χ1v) is 22.0. The number of fused-ring (bicyclic) bond motifs is 6. The van der Waals surface area contributed by atoms with Crippen LogP contribution in [0.15, 0.2) is 206 Å². The molecule has 5 nitrogen and oxygen atoms in total. The Hall–Kier alpha value is -8.20. The Bertz CT molecular complexity index is 3190. The summed E-state index contributed by atoms with van der Waals surface area (Å²) in [6.45, 7) is 9.40. The van der Waals surface area contributed by atoms with E-state index in [9.17, 15) is 9.90 Å². The molecule has 5 heteroatoms. The van der Waals surface area contributed by atoms with Crippen molar-refractivity contribution in [3.63, 3.8) is 0 Å². The van der Waals surface area contributed by atoms with Gasteiger partial charge in [-0.1, -0.05) is 143 Å². The highest BCUT2D eigenvalue weighted by molar-refractivity contribution is 5.92. The van der Waals surface area contributed by atoms with Gasteiger partial charge in [-0.3, -0.25) is 0 Å². The molecule has 65 heavy (non-hydrogen) atoms. The topological polar surface area (TPSA) is 67.6 Å². The molecule has 0 aromatic heterocycles. The summed E-state index contributed by atoms with van der Waals surface area (Å²) in [7, 11) is 0. The van der Waals surface area contributed by atoms with E-state index in [0.717, 1.165) is 39.7 Å². The molecular weight excluding hydrogens is 795 g/mol. The number of hydrogen-bond acceptors (Lipinski definition) is 4. The molecule has 8 aromatic rings. The monoisotopic (exact) mass is 841 g/mol. The second kappa shape index (κ2) is 16.2. The predicted octanol–water partition coefficient (Wildman–Crippen LogP) is 15.5. The lowest BCUT2D eigenvalue weighted by Crippen LogP contribution is -2.17. The predicted molar refractivity (Wildman–Crippen MR) is 267 cm³/mol. The normalized spacial score (nSPS) is 13.9. The molecule has 314 valence electrons. The third-order valence-electron chi connectivity index (χ3n) is 13.3. The fourth-order valence-corrected chi connectivity index (χ4v) is 9.86. The molecular formula is C60H47N3O2. The minimum atomic E-state index is -1.24. The molecule has 0 heterocycles. The van der Waals surface area contributed by atoms with Crippen molar-refractivity contribution in [1.82, 2.24) is 0 Å². The minimum Gasteiger partial charge on any atom is -0.477 e. The van der Waals surface area contributed by atoms with Gasteiger partial charge in [-0.15, -0.1) is 0 Å². The standard InChI is InChI=1S/C60H47N3O2/c1-59(2)54-35-41(25-31-50(54)52-33-29-48(37-56(52)59)62(44-17-8-5-9-18-44)45-19-10-6-11-20-45)42-26-32-51-53-34-30-49(38-57(53)60(3,4)55(51)36-42)63(46-21-12-7-13-22-46)47-27-23-40(24-28-47)15-14-16-43(39-61)58(64)65/h5-38H,1-4H3,(H,64,65). The number of nitriles is 1. The number of carboxylic acid groups (broad SMARTS) is 1. The van der Waals surface area contributed by atoms with Gasteiger partial charge in [0, 0.05) is 45.0 Å². The maximum absolute atomic E-state index is 11.2. The maximum Gasteiger partial charge on any atom is 0.346 e. The van der Waals surface area contributed by atoms with Crippen LogP contribution < -0.4 is 9.80 Å². The first-order chi connectivity index (χ1) is 31.5. The van der Waals surface area contributed by atoms with Crippen LogP contribution in [0.2, 0.25) is 0 Å². The summed E-state index contributed by atoms with van der Waals surface area (Å²) in [6.07, 6.45) is 4.70. The zero-order valence-corrected chi connectivity index (χ0v) is 36.8. The third-order valence-corrected chi connectivity index (χ3v) is 13.3. The lowest BCUT2D eigenvalue weighted by Gasteiger charge is -2.28. The number of nitrogens with zero attached hydrogens (tertiary/aromatic N) is 3. The van der Waals surface area contributed by atoms with Gasteiger partial charge in [0.25, 0.3) is 0 Å². The van der Waals surface area contributed by atoms with E-state index in [1.165, 1.54) is 61.7 Å². The van der Waals surface area contributed by atoms with Gasteiger partial charge >= 0.3 is 5.97 Å². The van der Waals surface area contributed by atoms with Gasteiger partial charge in [0.15, 0.2) is 0 Å². The Balaban J connectivity index is 0.962. The van der Waals surface area contributed by atoms with Gasteiger partial charge in [-0.05, 0) is 152 Å². The second-order valence-electron chi connectivity index (χ2n) is 17.9. The van der Waals surface area contributed by atoms with Crippen LogP contribution in [0.1, 0.15) is 55.5 Å². The molecule has 0 unspecified atom stereocenters. The molecule has 0 radical (unpaired) electrons. The number of anilines is 6. The van der Waals surface area contributed by atoms with Crippen molar-refractivity contribution in [2.75, 3.05) is 9.80 Å². The molecule has 2 aliphatic carbocycles. The first-order valence-electron chi connectivity index (χ1n) is 22.0. The maximum atomic E-state index is 11.2. The number of hydrogen-bond donors (Lipinski definition) is 1. The highest BCUT2D eigenvalue weighted by Gasteiger charge is 2.38. The number of aliphatic carboxylic acids is 1. The van der Waals surface area contributed by atoms with Crippen molar-refractivity contribution in [2.45, 2.75) is 38.5 Å². The van der Waals surface area contributed by atoms with E-state index >= 15 is 0 Å². The number of para-hydroxylation sites is 3. The molecule has 8 aromatic carbocycles. The summed E-state index contributed by atoms with van der Waals surface area (Å²) in [6, 6.07) is 69.3. The molecule has 0 amide bonds. The van der Waals surface area contributed by atoms with Gasteiger partial charge in [0.2, 0.25) is 0 Å². The van der Waals surface area contributed by atoms with E-state index in [0.29, 0.717) is 0 Å². The SMILES string of the molecule is CC1(C)c2cc(-c3ccc4c(c3)C(C)(C)c3cc(N(c5ccccc5)c5ccc(C=CC=C(C#N)C(=O)O)cc5)ccc3-4)ccc2-c2ccc(N(c3ccccc3)c3ccccc3)cc21. The van der Waals surface area contributed by atoms with E-state index in [1.54, 1.807) is 18.2 Å². The van der Waals surface area contributed by atoms with Crippen LogP contribution in [-0.2, 0) is 15.6 Å². The summed E-state index contributed by atoms with van der Waals surface area (Å²) in [4.78, 5) is 15.9. The van der Waals surface area contributed by atoms with Crippen molar-refractivity contribution in [1.29, 1.82) is 5.26 Å². The third kappa shape index (κ3) is 7.20. The lowest BCUT2D eigenvalue weighted by molar-refractivity contribution is -0.132. The highest BCUT2D eigenvalue weighted by atomic mass is 16.4. The van der Waals surface area contributed by atoms with E-state index < -0.39 is 5.97 Å². The van der Waals surface area contributed by atoms with Crippen LogP contribution in [0.4, 0.5) is 34.1 Å². The van der Waals surface area contributed by atoms with Gasteiger partial charge in [-0.2, -0.15) is 5.26 Å². The van der Waals surface area contributed by atoms with Crippen molar-refractivity contribution in [2.24, 2.45) is 0 Å². The molecule has 0 saturated heterocycles. The summed E-state index contributed by atoms with van der Waals surface area (Å²) < 4.78 is 0. The molecule has 0 fully saturated rings. The van der Waals surface area contributed by atoms with Gasteiger partial charge in [-0.25, -0.2) is 4.79 Å². The summed E-state index contributed by atoms with van der Waals surface area (Å²) >= 11 is 0. The average Bonchev–Trinajstić information content (AvgIpc) is 3.70. The Kier molecular flexibility index (Phi) is 10.2. The van der Waals surface area contributed by atoms with Crippen LogP contribution in [0, 0.1) is 11.3 Å². The van der Waals surface area contributed by atoms with Crippen molar-refractivity contribution in [3.8, 4) is 39.4 Å². The number of rotatable bonds is 10. The number of carbonyl (C=O) groups is 1. The van der Waals surface area contributed by atoms with Gasteiger partial charge in [0.05, 0.1) is 0 Å². The van der Waals surface area contributed by atoms with Crippen LogP contribution >= 0.6 is 0 Å². The van der Waals surface area contributed by atoms with E-state index in [1.807, 2.05) is 18.2 Å². The summed E-state index contributed by atoms with van der Waals surface area (Å²) in [5.74, 6) is -1.24. The Labute approximate surface area is 381 Å². The van der Waals surface area contributed by atoms with Crippen LogP contribution in [0.5, 0.6) is 0 Å². The van der Waals surface area contributed by atoms with Gasteiger partial charge < -0.3 is 14.9 Å². The summed E-state index contributed by atoms with van der Waals surface area (Å²) in [5, 5.41) is 18.3. The number of carboxylic acids is 1. The van der Waals surface area contributed by atoms with Crippen molar-refractivity contribution < 1.29 is 9.90 Å². The molecule has 10 rings (SSSR count). The van der Waals surface area contributed by atoms with Crippen LogP contribution in [-0.4, -0.2) is 11.1 Å². The zero-order valence-electron chi connectivity index (χ0n) is 36.8. The minimum absolute atomic E-state index is 0.207. The Morgan fingerprint density at radius 3 is 1.22 bits per heavy atom. The smallest absolute Gasteiger partial charge is 0.346 e. The second-order valence-corrected chi connectivity index (χ2v) is 17.9. The molecule has 1 N–H and O–H groups in total. The fourth-order valence-electron chi connectivity index (χ4n) is 9.86. The largest absolute Gasteiger partial charge is 0.477 e. The molecule has 0 aliphatic heterocycles. The molecule has 0 spiro atoms. The Morgan fingerprint density at radius 1 is 0.477 bits per heavy atom.